The molecule has 3 aromatic heterocycles. The van der Waals surface area contributed by atoms with Crippen molar-refractivity contribution in [2.24, 2.45) is 0 Å². The minimum Gasteiger partial charge on any atom is -0.341 e. The van der Waals surface area contributed by atoms with Gasteiger partial charge in [-0.15, -0.1) is 10.2 Å². The highest BCUT2D eigenvalue weighted by atomic mass is 16.2. The molecule has 1 aliphatic heterocycles. The Labute approximate surface area is 154 Å². The number of carbonyl (C=O) groups is 2. The number of amides is 2. The van der Waals surface area contributed by atoms with E-state index in [1.165, 1.54) is 4.52 Å². The van der Waals surface area contributed by atoms with Crippen LogP contribution in [0.2, 0.25) is 0 Å². The smallest absolute Gasteiger partial charge is 0.272 e. The predicted molar refractivity (Wildman–Crippen MR) is 94.6 cm³/mol. The molecule has 4 rings (SSSR count). The van der Waals surface area contributed by atoms with Crippen LogP contribution in [0.4, 0.5) is 0 Å². The van der Waals surface area contributed by atoms with Crippen molar-refractivity contribution >= 4 is 17.5 Å². The highest BCUT2D eigenvalue weighted by molar-refractivity contribution is 5.96. The van der Waals surface area contributed by atoms with E-state index in [4.69, 9.17) is 0 Å². The molecule has 0 aromatic carbocycles. The lowest BCUT2D eigenvalue weighted by atomic mass is 10.2. The molecule has 0 spiro atoms. The second-order valence-corrected chi connectivity index (χ2v) is 6.31. The van der Waals surface area contributed by atoms with Gasteiger partial charge in [0.15, 0.2) is 11.5 Å². The van der Waals surface area contributed by atoms with E-state index in [1.807, 2.05) is 0 Å². The molecule has 0 saturated carbocycles. The molecule has 0 radical (unpaired) electrons. The van der Waals surface area contributed by atoms with Crippen LogP contribution in [0.3, 0.4) is 0 Å². The first-order valence-corrected chi connectivity index (χ1v) is 8.73. The van der Waals surface area contributed by atoms with Gasteiger partial charge in [0.05, 0.1) is 0 Å². The van der Waals surface area contributed by atoms with Crippen LogP contribution in [0.1, 0.15) is 30.3 Å². The maximum atomic E-state index is 12.6. The van der Waals surface area contributed by atoms with Gasteiger partial charge in [-0.3, -0.25) is 9.59 Å². The monoisotopic (exact) mass is 366 g/mol. The average molecular weight is 366 g/mol. The van der Waals surface area contributed by atoms with Crippen LogP contribution in [-0.2, 0) is 4.79 Å². The van der Waals surface area contributed by atoms with E-state index in [0.29, 0.717) is 17.3 Å². The summed E-state index contributed by atoms with van der Waals surface area (Å²) in [4.78, 5) is 35.0. The summed E-state index contributed by atoms with van der Waals surface area (Å²) < 4.78 is 1.41. The highest BCUT2D eigenvalue weighted by Crippen LogP contribution is 2.13. The minimum atomic E-state index is -0.620. The highest BCUT2D eigenvalue weighted by Gasteiger charge is 2.25. The molecule has 2 amide bonds. The third-order valence-corrected chi connectivity index (χ3v) is 4.40. The fourth-order valence-corrected chi connectivity index (χ4v) is 3.01. The number of nitrogens with zero attached hydrogens (tertiary/aromatic N) is 7. The van der Waals surface area contributed by atoms with Crippen molar-refractivity contribution < 1.29 is 9.59 Å². The molecule has 3 aromatic rings. The number of carbonyl (C=O) groups excluding carboxylic acids is 2. The Kier molecular flexibility index (Phi) is 4.45. The topological polar surface area (TPSA) is 118 Å². The van der Waals surface area contributed by atoms with Crippen LogP contribution < -0.4 is 5.32 Å². The van der Waals surface area contributed by atoms with Crippen molar-refractivity contribution in [1.82, 2.24) is 40.0 Å². The van der Waals surface area contributed by atoms with E-state index in [2.05, 4.69) is 30.6 Å². The molecule has 10 nitrogen and oxygen atoms in total. The van der Waals surface area contributed by atoms with E-state index < -0.39 is 11.9 Å². The molecule has 0 aliphatic carbocycles. The SMILES string of the molecule is C[C@@H](NC(=O)c1ccc2nnc(-c3ncccn3)n2n1)C(=O)N1CCCC1. The zero-order chi connectivity index (χ0) is 18.8. The molecule has 0 unspecified atom stereocenters. The van der Waals surface area contributed by atoms with E-state index in [1.54, 1.807) is 42.4 Å². The summed E-state index contributed by atoms with van der Waals surface area (Å²) in [5.74, 6) is 0.171. The van der Waals surface area contributed by atoms with Gasteiger partial charge in [0.1, 0.15) is 11.7 Å². The van der Waals surface area contributed by atoms with Gasteiger partial charge in [0.2, 0.25) is 11.7 Å². The average Bonchev–Trinajstić information content (AvgIpc) is 3.37. The number of likely N-dealkylation sites (tertiary alicyclic amines) is 1. The molecule has 138 valence electrons. The lowest BCUT2D eigenvalue weighted by molar-refractivity contribution is -0.131. The summed E-state index contributed by atoms with van der Waals surface area (Å²) in [6, 6.07) is 4.25. The normalized spacial score (nSPS) is 15.1. The van der Waals surface area contributed by atoms with Crippen LogP contribution in [0, 0.1) is 0 Å². The Morgan fingerprint density at radius 2 is 1.85 bits per heavy atom. The van der Waals surface area contributed by atoms with Crippen LogP contribution in [0.5, 0.6) is 0 Å². The van der Waals surface area contributed by atoms with Gasteiger partial charge in [-0.25, -0.2) is 9.97 Å². The Bertz CT molecular complexity index is 981. The summed E-state index contributed by atoms with van der Waals surface area (Å²) in [6.45, 7) is 3.16. The van der Waals surface area contributed by atoms with Gasteiger partial charge in [0.25, 0.3) is 5.91 Å². The number of hydrogen-bond donors (Lipinski definition) is 1. The largest absolute Gasteiger partial charge is 0.341 e. The Morgan fingerprint density at radius 1 is 1.11 bits per heavy atom. The lowest BCUT2D eigenvalue weighted by Crippen LogP contribution is -2.46. The second-order valence-electron chi connectivity index (χ2n) is 6.31. The third-order valence-electron chi connectivity index (χ3n) is 4.40. The molecular weight excluding hydrogens is 348 g/mol. The molecular formula is C17H18N8O2. The van der Waals surface area contributed by atoms with E-state index in [0.717, 1.165) is 25.9 Å². The first-order valence-electron chi connectivity index (χ1n) is 8.73. The van der Waals surface area contributed by atoms with Crippen LogP contribution >= 0.6 is 0 Å². The molecule has 1 fully saturated rings. The zero-order valence-corrected chi connectivity index (χ0v) is 14.7. The molecule has 1 atom stereocenters. The maximum absolute atomic E-state index is 12.6. The zero-order valence-electron chi connectivity index (χ0n) is 14.7. The number of rotatable bonds is 4. The summed E-state index contributed by atoms with van der Waals surface area (Å²) in [5, 5.41) is 15.1. The quantitative estimate of drug-likeness (QED) is 0.706. The van der Waals surface area contributed by atoms with Crippen molar-refractivity contribution in [2.75, 3.05) is 13.1 Å². The second kappa shape index (κ2) is 7.06. The number of nitrogens with one attached hydrogen (secondary N) is 1. The van der Waals surface area contributed by atoms with E-state index in [-0.39, 0.29) is 11.6 Å². The van der Waals surface area contributed by atoms with Gasteiger partial charge >= 0.3 is 0 Å². The molecule has 10 heteroatoms. The van der Waals surface area contributed by atoms with Gasteiger partial charge in [-0.2, -0.15) is 9.61 Å². The van der Waals surface area contributed by atoms with Crippen LogP contribution in [0.15, 0.2) is 30.6 Å². The molecule has 0 bridgehead atoms. The van der Waals surface area contributed by atoms with Crippen molar-refractivity contribution in [3.05, 3.63) is 36.3 Å². The predicted octanol–water partition coefficient (Wildman–Crippen LogP) is 0.322. The summed E-state index contributed by atoms with van der Waals surface area (Å²) in [5.41, 5.74) is 0.621. The first kappa shape index (κ1) is 17.0. The van der Waals surface area contributed by atoms with E-state index >= 15 is 0 Å². The molecule has 27 heavy (non-hydrogen) atoms. The van der Waals surface area contributed by atoms with E-state index in [9.17, 15) is 9.59 Å². The fraction of sp³-hybridized carbons (Fsp3) is 0.353. The van der Waals surface area contributed by atoms with Gasteiger partial charge in [0, 0.05) is 25.5 Å². The van der Waals surface area contributed by atoms with Gasteiger partial charge in [-0.1, -0.05) is 0 Å². The standard InChI is InChI=1S/C17H18N8O2/c1-11(17(27)24-9-2-3-10-24)20-16(26)12-5-6-13-21-22-15(25(13)23-12)14-18-7-4-8-19-14/h4-8,11H,2-3,9-10H2,1H3,(H,20,26)/t11-/m1/s1. The fourth-order valence-electron chi connectivity index (χ4n) is 3.01. The number of aromatic nitrogens is 6. The Morgan fingerprint density at radius 3 is 2.59 bits per heavy atom. The molecule has 1 aliphatic rings. The lowest BCUT2D eigenvalue weighted by Gasteiger charge is -2.20. The maximum Gasteiger partial charge on any atom is 0.272 e. The van der Waals surface area contributed by atoms with Gasteiger partial charge in [-0.05, 0) is 38.0 Å². The van der Waals surface area contributed by atoms with Crippen molar-refractivity contribution in [3.8, 4) is 11.6 Å². The van der Waals surface area contributed by atoms with Crippen molar-refractivity contribution in [2.45, 2.75) is 25.8 Å². The summed E-state index contributed by atoms with van der Waals surface area (Å²) in [6.07, 6.45) is 5.18. The minimum absolute atomic E-state index is 0.0791. The number of fused-ring (bicyclic) bond motifs is 1. The molecule has 4 heterocycles. The van der Waals surface area contributed by atoms with Crippen molar-refractivity contribution in [3.63, 3.8) is 0 Å². The number of hydrogen-bond acceptors (Lipinski definition) is 7. The summed E-state index contributed by atoms with van der Waals surface area (Å²) >= 11 is 0. The van der Waals surface area contributed by atoms with Crippen LogP contribution in [0.25, 0.3) is 17.3 Å². The molecule has 1 saturated heterocycles. The molecule has 1 N–H and O–H groups in total. The third kappa shape index (κ3) is 3.33. The Balaban J connectivity index is 1.56. The van der Waals surface area contributed by atoms with Crippen molar-refractivity contribution in [1.29, 1.82) is 0 Å². The van der Waals surface area contributed by atoms with Crippen LogP contribution in [-0.4, -0.2) is 65.6 Å². The Hall–Kier alpha value is -3.43. The first-order chi connectivity index (χ1) is 13.1. The van der Waals surface area contributed by atoms with Gasteiger partial charge < -0.3 is 10.2 Å². The summed E-state index contributed by atoms with van der Waals surface area (Å²) in [7, 11) is 0.